The molecule has 0 spiro atoms. The molecule has 1 aliphatic heterocycles. The van der Waals surface area contributed by atoms with Crippen LogP contribution in [0, 0.1) is 0 Å². The Morgan fingerprint density at radius 2 is 1.75 bits per heavy atom. The second-order valence-corrected chi connectivity index (χ2v) is 7.29. The van der Waals surface area contributed by atoms with Gasteiger partial charge in [0, 0.05) is 25.2 Å². The van der Waals surface area contributed by atoms with Crippen LogP contribution in [0.2, 0.25) is 0 Å². The van der Waals surface area contributed by atoms with Crippen molar-refractivity contribution in [2.24, 2.45) is 0 Å². The number of rotatable bonds is 7. The van der Waals surface area contributed by atoms with Gasteiger partial charge in [0.05, 0.1) is 13.2 Å². The number of nitrogens with zero attached hydrogens (tertiary/aromatic N) is 2. The molecule has 0 bridgehead atoms. The second kappa shape index (κ2) is 8.89. The molecule has 1 fully saturated rings. The van der Waals surface area contributed by atoms with E-state index in [0.29, 0.717) is 19.4 Å². The summed E-state index contributed by atoms with van der Waals surface area (Å²) in [6, 6.07) is 16.1. The molecule has 0 aliphatic carbocycles. The number of esters is 1. The maximum absolute atomic E-state index is 12.5. The van der Waals surface area contributed by atoms with E-state index in [1.54, 1.807) is 4.90 Å². The molecule has 1 heterocycles. The molecule has 148 valence electrons. The first-order valence-corrected chi connectivity index (χ1v) is 9.44. The SMILES string of the molecule is COC(=O)CCc1ccc(N2C(=O)NCC2c2ccc(CN(C)C)cc2)cc1. The number of ether oxygens (including phenoxy) is 1. The standard InChI is InChI=1S/C22H27N3O3/c1-24(2)15-17-4-9-18(10-5-17)20-14-23-22(27)25(20)19-11-6-16(7-12-19)8-13-21(26)28-3/h4-7,9-12,20H,8,13-15H2,1-3H3,(H,23,27). The van der Waals surface area contributed by atoms with Gasteiger partial charge in [0.25, 0.3) is 0 Å². The predicted octanol–water partition coefficient (Wildman–Crippen LogP) is 3.12. The van der Waals surface area contributed by atoms with E-state index in [0.717, 1.165) is 23.4 Å². The van der Waals surface area contributed by atoms with Crippen LogP contribution in [0.25, 0.3) is 0 Å². The number of carbonyl (C=O) groups is 2. The summed E-state index contributed by atoms with van der Waals surface area (Å²) in [6.07, 6.45) is 0.970. The van der Waals surface area contributed by atoms with E-state index in [9.17, 15) is 9.59 Å². The number of carbonyl (C=O) groups excluding carboxylic acids is 2. The lowest BCUT2D eigenvalue weighted by molar-refractivity contribution is -0.140. The summed E-state index contributed by atoms with van der Waals surface area (Å²) in [4.78, 5) is 27.7. The topological polar surface area (TPSA) is 61.9 Å². The lowest BCUT2D eigenvalue weighted by atomic mass is 10.0. The molecule has 3 rings (SSSR count). The average molecular weight is 381 g/mol. The summed E-state index contributed by atoms with van der Waals surface area (Å²) in [5.41, 5.74) is 4.24. The maximum atomic E-state index is 12.5. The highest BCUT2D eigenvalue weighted by Gasteiger charge is 2.33. The van der Waals surface area contributed by atoms with Gasteiger partial charge in [-0.2, -0.15) is 0 Å². The van der Waals surface area contributed by atoms with Crippen molar-refractivity contribution < 1.29 is 14.3 Å². The summed E-state index contributed by atoms with van der Waals surface area (Å²) in [6.45, 7) is 1.47. The minimum atomic E-state index is -0.222. The molecule has 1 atom stereocenters. The molecule has 1 N–H and O–H groups in total. The number of hydrogen-bond donors (Lipinski definition) is 1. The van der Waals surface area contributed by atoms with Crippen LogP contribution in [0.1, 0.15) is 29.2 Å². The van der Waals surface area contributed by atoms with Crippen LogP contribution in [-0.4, -0.2) is 44.7 Å². The Morgan fingerprint density at radius 3 is 2.36 bits per heavy atom. The summed E-state index contributed by atoms with van der Waals surface area (Å²) in [5, 5.41) is 2.94. The molecule has 1 saturated heterocycles. The van der Waals surface area contributed by atoms with Crippen molar-refractivity contribution in [3.63, 3.8) is 0 Å². The zero-order valence-electron chi connectivity index (χ0n) is 16.6. The molecule has 1 unspecified atom stereocenters. The van der Waals surface area contributed by atoms with Gasteiger partial charge in [-0.1, -0.05) is 36.4 Å². The third-order valence-corrected chi connectivity index (χ3v) is 4.90. The largest absolute Gasteiger partial charge is 0.469 e. The zero-order valence-corrected chi connectivity index (χ0v) is 16.6. The molecule has 6 heteroatoms. The first-order chi connectivity index (χ1) is 13.5. The predicted molar refractivity (Wildman–Crippen MR) is 109 cm³/mol. The van der Waals surface area contributed by atoms with Gasteiger partial charge in [-0.05, 0) is 49.3 Å². The molecular formula is C22H27N3O3. The fourth-order valence-corrected chi connectivity index (χ4v) is 3.45. The highest BCUT2D eigenvalue weighted by Crippen LogP contribution is 2.31. The third-order valence-electron chi connectivity index (χ3n) is 4.90. The third kappa shape index (κ3) is 4.70. The van der Waals surface area contributed by atoms with Gasteiger partial charge in [0.2, 0.25) is 0 Å². The second-order valence-electron chi connectivity index (χ2n) is 7.29. The Bertz CT molecular complexity index is 816. The first kappa shape index (κ1) is 19.9. The number of anilines is 1. The van der Waals surface area contributed by atoms with Crippen LogP contribution in [0.5, 0.6) is 0 Å². The van der Waals surface area contributed by atoms with Gasteiger partial charge >= 0.3 is 12.0 Å². The number of aryl methyl sites for hydroxylation is 1. The molecule has 6 nitrogen and oxygen atoms in total. The van der Waals surface area contributed by atoms with Crippen molar-refractivity contribution >= 4 is 17.7 Å². The fraction of sp³-hybridized carbons (Fsp3) is 0.364. The average Bonchev–Trinajstić information content (AvgIpc) is 3.08. The van der Waals surface area contributed by atoms with Gasteiger partial charge in [-0.25, -0.2) is 4.79 Å². The zero-order chi connectivity index (χ0) is 20.1. The molecule has 2 aromatic rings. The molecule has 2 amide bonds. The lowest BCUT2D eigenvalue weighted by Gasteiger charge is -2.24. The van der Waals surface area contributed by atoms with E-state index in [1.165, 1.54) is 12.7 Å². The molecule has 0 saturated carbocycles. The van der Waals surface area contributed by atoms with E-state index >= 15 is 0 Å². The monoisotopic (exact) mass is 381 g/mol. The van der Waals surface area contributed by atoms with Crippen molar-refractivity contribution in [2.45, 2.75) is 25.4 Å². The van der Waals surface area contributed by atoms with Gasteiger partial charge in [0.1, 0.15) is 0 Å². The molecule has 0 radical (unpaired) electrons. The van der Waals surface area contributed by atoms with E-state index in [4.69, 9.17) is 0 Å². The van der Waals surface area contributed by atoms with Crippen molar-refractivity contribution in [3.8, 4) is 0 Å². The first-order valence-electron chi connectivity index (χ1n) is 9.44. The fourth-order valence-electron chi connectivity index (χ4n) is 3.45. The minimum absolute atomic E-state index is 0.0400. The Hall–Kier alpha value is -2.86. The lowest BCUT2D eigenvalue weighted by Crippen LogP contribution is -2.29. The van der Waals surface area contributed by atoms with Crippen LogP contribution >= 0.6 is 0 Å². The molecule has 2 aromatic carbocycles. The summed E-state index contributed by atoms with van der Waals surface area (Å²) < 4.78 is 4.68. The van der Waals surface area contributed by atoms with Crippen LogP contribution < -0.4 is 10.2 Å². The van der Waals surface area contributed by atoms with E-state index < -0.39 is 0 Å². The number of nitrogens with one attached hydrogen (secondary N) is 1. The summed E-state index contributed by atoms with van der Waals surface area (Å²) in [7, 11) is 5.48. The smallest absolute Gasteiger partial charge is 0.322 e. The Labute approximate surface area is 166 Å². The molecular weight excluding hydrogens is 354 g/mol. The highest BCUT2D eigenvalue weighted by atomic mass is 16.5. The Morgan fingerprint density at radius 1 is 1.11 bits per heavy atom. The normalized spacial score (nSPS) is 16.4. The minimum Gasteiger partial charge on any atom is -0.469 e. The van der Waals surface area contributed by atoms with Gasteiger partial charge in [-0.15, -0.1) is 0 Å². The van der Waals surface area contributed by atoms with E-state index in [1.807, 2.05) is 38.4 Å². The quantitative estimate of drug-likeness (QED) is 0.749. The summed E-state index contributed by atoms with van der Waals surface area (Å²) >= 11 is 0. The number of methoxy groups -OCH3 is 1. The summed E-state index contributed by atoms with van der Waals surface area (Å²) in [5.74, 6) is -0.222. The van der Waals surface area contributed by atoms with E-state index in [-0.39, 0.29) is 18.0 Å². The van der Waals surface area contributed by atoms with Crippen molar-refractivity contribution in [1.82, 2.24) is 10.2 Å². The van der Waals surface area contributed by atoms with Crippen LogP contribution in [0.4, 0.5) is 10.5 Å². The van der Waals surface area contributed by atoms with Gasteiger partial charge < -0.3 is 15.0 Å². The van der Waals surface area contributed by atoms with Gasteiger partial charge in [-0.3, -0.25) is 9.69 Å². The molecule has 1 aliphatic rings. The van der Waals surface area contributed by atoms with Gasteiger partial charge in [0.15, 0.2) is 0 Å². The van der Waals surface area contributed by atoms with E-state index in [2.05, 4.69) is 39.2 Å². The Kier molecular flexibility index (Phi) is 6.31. The van der Waals surface area contributed by atoms with Crippen molar-refractivity contribution in [2.75, 3.05) is 32.6 Å². The van der Waals surface area contributed by atoms with Crippen molar-refractivity contribution in [1.29, 1.82) is 0 Å². The molecule has 0 aromatic heterocycles. The number of hydrogen-bond acceptors (Lipinski definition) is 4. The van der Waals surface area contributed by atoms with Crippen molar-refractivity contribution in [3.05, 3.63) is 65.2 Å². The maximum Gasteiger partial charge on any atom is 0.322 e. The number of benzene rings is 2. The Balaban J connectivity index is 1.74. The van der Waals surface area contributed by atoms with Crippen LogP contribution in [0.3, 0.4) is 0 Å². The number of amides is 2. The van der Waals surface area contributed by atoms with Crippen LogP contribution in [0.15, 0.2) is 48.5 Å². The number of urea groups is 1. The van der Waals surface area contributed by atoms with Crippen LogP contribution in [-0.2, 0) is 22.5 Å². The molecule has 28 heavy (non-hydrogen) atoms. The highest BCUT2D eigenvalue weighted by molar-refractivity contribution is 5.95.